The Morgan fingerprint density at radius 3 is 2.47 bits per heavy atom. The summed E-state index contributed by atoms with van der Waals surface area (Å²) in [4.78, 5) is 11.8. The third-order valence-electron chi connectivity index (χ3n) is 2.27. The van der Waals surface area contributed by atoms with E-state index in [4.69, 9.17) is 5.41 Å². The minimum absolute atomic E-state index is 0.260. The van der Waals surface area contributed by atoms with Crippen molar-refractivity contribution < 1.29 is 18.0 Å². The van der Waals surface area contributed by atoms with Crippen LogP contribution in [0.1, 0.15) is 14.9 Å². The standard InChI is InChI=1S/C11H8F3N3OSe/c12-11(13,14)9-16-17(10(15)19-9)6-8(18)7-4-2-1-3-5-7/h1-5,15H,6H2. The van der Waals surface area contributed by atoms with Crippen LogP contribution in [0, 0.1) is 5.41 Å². The summed E-state index contributed by atoms with van der Waals surface area (Å²) in [7, 11) is 0. The van der Waals surface area contributed by atoms with Gasteiger partial charge in [0.25, 0.3) is 0 Å². The molecule has 0 saturated heterocycles. The molecular formula is C11H8F3N3OSe. The third kappa shape index (κ3) is 3.21. The van der Waals surface area contributed by atoms with E-state index in [0.29, 0.717) is 5.56 Å². The maximum atomic E-state index is 12.4. The van der Waals surface area contributed by atoms with Gasteiger partial charge in [0.15, 0.2) is 0 Å². The van der Waals surface area contributed by atoms with Gasteiger partial charge in [-0.15, -0.1) is 0 Å². The van der Waals surface area contributed by atoms with Crippen molar-refractivity contribution in [2.24, 2.45) is 0 Å². The molecule has 100 valence electrons. The van der Waals surface area contributed by atoms with Gasteiger partial charge in [0.2, 0.25) is 0 Å². The number of carbonyl (C=O) groups excluding carboxylic acids is 1. The molecule has 19 heavy (non-hydrogen) atoms. The molecule has 0 saturated carbocycles. The van der Waals surface area contributed by atoms with Crippen LogP contribution in [0.5, 0.6) is 0 Å². The fourth-order valence-electron chi connectivity index (χ4n) is 1.39. The van der Waals surface area contributed by atoms with Crippen molar-refractivity contribution in [2.75, 3.05) is 0 Å². The summed E-state index contributed by atoms with van der Waals surface area (Å²) >= 11 is -1.19. The Morgan fingerprint density at radius 1 is 1.32 bits per heavy atom. The molecule has 0 bridgehead atoms. The van der Waals surface area contributed by atoms with Gasteiger partial charge in [0.1, 0.15) is 0 Å². The number of halogens is 3. The number of Topliss-reactive ketones (excluding diaryl/α,β-unsaturated/α-hetero) is 1. The van der Waals surface area contributed by atoms with Crippen LogP contribution in [0.25, 0.3) is 0 Å². The molecule has 0 fully saturated rings. The Labute approximate surface area is 111 Å². The Morgan fingerprint density at radius 2 is 1.95 bits per heavy atom. The summed E-state index contributed by atoms with van der Waals surface area (Å²) in [5, 5.41) is 10.8. The van der Waals surface area contributed by atoms with E-state index in [1.54, 1.807) is 30.3 Å². The van der Waals surface area contributed by atoms with Crippen molar-refractivity contribution in [1.29, 1.82) is 5.41 Å². The molecule has 1 heterocycles. The molecule has 0 aliphatic rings. The van der Waals surface area contributed by atoms with E-state index in [9.17, 15) is 18.0 Å². The van der Waals surface area contributed by atoms with E-state index < -0.39 is 25.2 Å². The summed E-state index contributed by atoms with van der Waals surface area (Å²) < 4.78 is 36.9. The second-order valence-corrected chi connectivity index (χ2v) is 5.71. The number of rotatable bonds is 3. The summed E-state index contributed by atoms with van der Waals surface area (Å²) in [5.74, 6) is -0.367. The first-order valence-electron chi connectivity index (χ1n) is 5.16. The van der Waals surface area contributed by atoms with Gasteiger partial charge >= 0.3 is 111 Å². The number of nitrogens with zero attached hydrogens (tertiary/aromatic N) is 2. The molecule has 0 amide bonds. The van der Waals surface area contributed by atoms with Crippen LogP contribution in [0.2, 0.25) is 0 Å². The molecule has 2 aromatic rings. The van der Waals surface area contributed by atoms with Crippen LogP contribution in [0.4, 0.5) is 13.2 Å². The minimum atomic E-state index is -4.53. The predicted octanol–water partition coefficient (Wildman–Crippen LogP) is 1.32. The topological polar surface area (TPSA) is 58.7 Å². The zero-order valence-corrected chi connectivity index (χ0v) is 11.2. The molecule has 1 N–H and O–H groups in total. The molecule has 1 aromatic heterocycles. The third-order valence-corrected chi connectivity index (χ3v) is 4.18. The van der Waals surface area contributed by atoms with E-state index >= 15 is 0 Å². The molecule has 2 rings (SSSR count). The van der Waals surface area contributed by atoms with Crippen molar-refractivity contribution in [3.8, 4) is 0 Å². The predicted molar refractivity (Wildman–Crippen MR) is 60.8 cm³/mol. The van der Waals surface area contributed by atoms with Gasteiger partial charge in [-0.25, -0.2) is 0 Å². The molecule has 0 aliphatic heterocycles. The van der Waals surface area contributed by atoms with Gasteiger partial charge in [-0.2, -0.15) is 0 Å². The van der Waals surface area contributed by atoms with Crippen molar-refractivity contribution in [3.63, 3.8) is 0 Å². The Hall–Kier alpha value is -1.66. The first-order chi connectivity index (χ1) is 8.88. The van der Waals surface area contributed by atoms with Crippen LogP contribution < -0.4 is 4.36 Å². The Bertz CT molecular complexity index is 645. The molecular weight excluding hydrogens is 326 g/mol. The van der Waals surface area contributed by atoms with Crippen LogP contribution in [-0.4, -0.2) is 30.1 Å². The molecule has 0 unspecified atom stereocenters. The second kappa shape index (κ2) is 5.14. The number of hydrogen-bond acceptors (Lipinski definition) is 3. The fourth-order valence-corrected chi connectivity index (χ4v) is 2.75. The summed E-state index contributed by atoms with van der Waals surface area (Å²) in [6, 6.07) is 8.20. The number of hydrogen-bond donors (Lipinski definition) is 1. The van der Waals surface area contributed by atoms with Gasteiger partial charge in [0.05, 0.1) is 0 Å². The summed E-state index contributed by atoms with van der Waals surface area (Å²) in [5.41, 5.74) is 0.387. The van der Waals surface area contributed by atoms with Crippen molar-refractivity contribution >= 4 is 20.3 Å². The second-order valence-electron chi connectivity index (χ2n) is 3.66. The van der Waals surface area contributed by atoms with Crippen molar-refractivity contribution in [3.05, 3.63) is 44.8 Å². The van der Waals surface area contributed by atoms with Crippen LogP contribution in [0.15, 0.2) is 30.3 Å². The number of carbonyl (C=O) groups is 1. The van der Waals surface area contributed by atoms with E-state index in [2.05, 4.69) is 5.10 Å². The molecule has 1 aromatic carbocycles. The van der Waals surface area contributed by atoms with Crippen LogP contribution in [-0.2, 0) is 12.7 Å². The molecule has 0 spiro atoms. The first kappa shape index (κ1) is 13.8. The zero-order chi connectivity index (χ0) is 14.0. The number of benzene rings is 1. The number of alkyl halides is 3. The van der Waals surface area contributed by atoms with E-state index in [0.717, 1.165) is 4.68 Å². The van der Waals surface area contributed by atoms with Crippen LogP contribution in [0.3, 0.4) is 0 Å². The normalized spacial score (nSPS) is 11.5. The molecule has 0 atom stereocenters. The van der Waals surface area contributed by atoms with E-state index in [1.807, 2.05) is 0 Å². The SMILES string of the molecule is N=c1[se]c(C(F)(F)F)nn1CC(=O)c1ccccc1. The van der Waals surface area contributed by atoms with Crippen molar-refractivity contribution in [2.45, 2.75) is 12.7 Å². The average molecular weight is 334 g/mol. The number of ketones is 1. The van der Waals surface area contributed by atoms with Gasteiger partial charge in [-0.05, 0) is 0 Å². The molecule has 0 aliphatic carbocycles. The van der Waals surface area contributed by atoms with E-state index in [1.165, 1.54) is 0 Å². The van der Waals surface area contributed by atoms with Gasteiger partial charge < -0.3 is 0 Å². The fraction of sp³-hybridized carbons (Fsp3) is 0.182. The van der Waals surface area contributed by atoms with Crippen LogP contribution >= 0.6 is 0 Å². The number of nitrogens with one attached hydrogen (secondary N) is 1. The Kier molecular flexibility index (Phi) is 3.73. The maximum absolute atomic E-state index is 12.4. The van der Waals surface area contributed by atoms with Gasteiger partial charge in [-0.1, -0.05) is 0 Å². The zero-order valence-electron chi connectivity index (χ0n) is 9.44. The molecule has 4 nitrogen and oxygen atoms in total. The molecule has 8 heteroatoms. The molecule has 0 radical (unpaired) electrons. The Balaban J connectivity index is 2.23. The van der Waals surface area contributed by atoms with Gasteiger partial charge in [0, 0.05) is 0 Å². The summed E-state index contributed by atoms with van der Waals surface area (Å²) in [6.45, 7) is -0.343. The summed E-state index contributed by atoms with van der Waals surface area (Å²) in [6.07, 6.45) is -4.53. The van der Waals surface area contributed by atoms with Gasteiger partial charge in [-0.3, -0.25) is 0 Å². The van der Waals surface area contributed by atoms with E-state index in [-0.39, 0.29) is 16.7 Å². The monoisotopic (exact) mass is 335 g/mol. The van der Waals surface area contributed by atoms with Crippen molar-refractivity contribution in [1.82, 2.24) is 9.78 Å². The average Bonchev–Trinajstić information content (AvgIpc) is 2.72. The number of aromatic nitrogens is 2. The first-order valence-corrected chi connectivity index (χ1v) is 6.87. The quantitative estimate of drug-likeness (QED) is 0.680.